The number of amides is 1. The second-order valence-corrected chi connectivity index (χ2v) is 9.77. The SMILES string of the molecule is CCCCOc1ccc(C(=O)Oc2ccc(C=NNC(=O)C(C)Oc3ccc(OCc4ccccc4)cc3)cc2OC)cc1. The van der Waals surface area contributed by atoms with Gasteiger partial charge in [-0.3, -0.25) is 4.79 Å². The Morgan fingerprint density at radius 3 is 2.23 bits per heavy atom. The lowest BCUT2D eigenvalue weighted by atomic mass is 10.2. The maximum absolute atomic E-state index is 12.7. The third-order valence-electron chi connectivity index (χ3n) is 6.39. The number of methoxy groups -OCH3 is 1. The highest BCUT2D eigenvalue weighted by Gasteiger charge is 2.15. The van der Waals surface area contributed by atoms with Gasteiger partial charge in [-0.15, -0.1) is 0 Å². The predicted octanol–water partition coefficient (Wildman–Crippen LogP) is 6.59. The minimum Gasteiger partial charge on any atom is -0.494 e. The van der Waals surface area contributed by atoms with Gasteiger partial charge in [0.05, 0.1) is 25.5 Å². The largest absolute Gasteiger partial charge is 0.494 e. The molecule has 44 heavy (non-hydrogen) atoms. The molecule has 0 heterocycles. The van der Waals surface area contributed by atoms with Crippen LogP contribution in [0.5, 0.6) is 28.7 Å². The Morgan fingerprint density at radius 1 is 0.841 bits per heavy atom. The number of benzene rings is 4. The molecule has 228 valence electrons. The molecule has 0 saturated heterocycles. The van der Waals surface area contributed by atoms with Crippen molar-refractivity contribution in [3.63, 3.8) is 0 Å². The first-order valence-corrected chi connectivity index (χ1v) is 14.3. The van der Waals surface area contributed by atoms with Crippen molar-refractivity contribution < 1.29 is 33.3 Å². The summed E-state index contributed by atoms with van der Waals surface area (Å²) in [6.07, 6.45) is 2.67. The summed E-state index contributed by atoms with van der Waals surface area (Å²) in [5.74, 6) is 1.55. The monoisotopic (exact) mass is 596 g/mol. The number of carbonyl (C=O) groups excluding carboxylic acids is 2. The van der Waals surface area contributed by atoms with E-state index in [1.54, 1.807) is 73.7 Å². The summed E-state index contributed by atoms with van der Waals surface area (Å²) in [4.78, 5) is 25.2. The number of hydrogen-bond acceptors (Lipinski definition) is 8. The van der Waals surface area contributed by atoms with Gasteiger partial charge < -0.3 is 23.7 Å². The molecule has 4 aromatic rings. The van der Waals surface area contributed by atoms with Crippen LogP contribution < -0.4 is 29.1 Å². The molecule has 9 heteroatoms. The van der Waals surface area contributed by atoms with Crippen molar-refractivity contribution in [3.05, 3.63) is 114 Å². The molecule has 4 aromatic carbocycles. The summed E-state index contributed by atoms with van der Waals surface area (Å²) in [6.45, 7) is 4.81. The molecule has 9 nitrogen and oxygen atoms in total. The second kappa shape index (κ2) is 16.4. The van der Waals surface area contributed by atoms with E-state index in [9.17, 15) is 9.59 Å². The van der Waals surface area contributed by atoms with Gasteiger partial charge >= 0.3 is 5.97 Å². The van der Waals surface area contributed by atoms with Gasteiger partial charge in [-0.2, -0.15) is 5.10 Å². The molecule has 0 aromatic heterocycles. The summed E-state index contributed by atoms with van der Waals surface area (Å²) in [6, 6.07) is 28.6. The number of nitrogens with one attached hydrogen (secondary N) is 1. The number of nitrogens with zero attached hydrogens (tertiary/aromatic N) is 1. The van der Waals surface area contributed by atoms with E-state index in [4.69, 9.17) is 23.7 Å². The Hall–Kier alpha value is -5.31. The van der Waals surface area contributed by atoms with Crippen molar-refractivity contribution in [2.24, 2.45) is 5.10 Å². The average molecular weight is 597 g/mol. The number of hydrogen-bond donors (Lipinski definition) is 1. The quantitative estimate of drug-likeness (QED) is 0.0543. The summed E-state index contributed by atoms with van der Waals surface area (Å²) in [5, 5.41) is 4.02. The summed E-state index contributed by atoms with van der Waals surface area (Å²) < 4.78 is 28.1. The average Bonchev–Trinajstić information content (AvgIpc) is 3.05. The molecular weight excluding hydrogens is 560 g/mol. The van der Waals surface area contributed by atoms with Gasteiger partial charge in [0.1, 0.15) is 23.9 Å². The van der Waals surface area contributed by atoms with Crippen molar-refractivity contribution >= 4 is 18.1 Å². The fourth-order valence-corrected chi connectivity index (χ4v) is 3.90. The van der Waals surface area contributed by atoms with E-state index in [-0.39, 0.29) is 5.75 Å². The second-order valence-electron chi connectivity index (χ2n) is 9.77. The maximum atomic E-state index is 12.7. The molecule has 0 radical (unpaired) electrons. The molecule has 0 bridgehead atoms. The summed E-state index contributed by atoms with van der Waals surface area (Å²) in [5.41, 5.74) is 4.55. The Labute approximate surface area is 257 Å². The van der Waals surface area contributed by atoms with Gasteiger partial charge in [-0.1, -0.05) is 43.7 Å². The fraction of sp³-hybridized carbons (Fsp3) is 0.229. The van der Waals surface area contributed by atoms with Crippen molar-refractivity contribution in [2.45, 2.75) is 39.4 Å². The third-order valence-corrected chi connectivity index (χ3v) is 6.39. The molecule has 0 fully saturated rings. The van der Waals surface area contributed by atoms with Crippen LogP contribution in [-0.4, -0.2) is 37.9 Å². The topological polar surface area (TPSA) is 105 Å². The lowest BCUT2D eigenvalue weighted by Crippen LogP contribution is -2.33. The number of carbonyl (C=O) groups is 2. The highest BCUT2D eigenvalue weighted by atomic mass is 16.6. The van der Waals surface area contributed by atoms with Crippen molar-refractivity contribution in [3.8, 4) is 28.7 Å². The number of rotatable bonds is 15. The molecule has 1 amide bonds. The van der Waals surface area contributed by atoms with Crippen molar-refractivity contribution in [2.75, 3.05) is 13.7 Å². The molecule has 1 N–H and O–H groups in total. The van der Waals surface area contributed by atoms with E-state index in [0.717, 1.165) is 18.4 Å². The van der Waals surface area contributed by atoms with Crippen molar-refractivity contribution in [1.29, 1.82) is 0 Å². The van der Waals surface area contributed by atoms with Crippen LogP contribution in [0.2, 0.25) is 0 Å². The molecule has 0 aliphatic carbocycles. The van der Waals surface area contributed by atoms with E-state index in [1.165, 1.54) is 13.3 Å². The highest BCUT2D eigenvalue weighted by Crippen LogP contribution is 2.28. The molecule has 1 atom stereocenters. The van der Waals surface area contributed by atoms with Crippen LogP contribution in [-0.2, 0) is 11.4 Å². The van der Waals surface area contributed by atoms with Crippen LogP contribution in [0, 0.1) is 0 Å². The Morgan fingerprint density at radius 2 is 1.52 bits per heavy atom. The minimum atomic E-state index is -0.795. The summed E-state index contributed by atoms with van der Waals surface area (Å²) >= 11 is 0. The number of unbranched alkanes of at least 4 members (excludes halogenated alkanes) is 1. The van der Waals surface area contributed by atoms with Crippen molar-refractivity contribution in [1.82, 2.24) is 5.43 Å². The highest BCUT2D eigenvalue weighted by molar-refractivity contribution is 5.92. The zero-order valence-electron chi connectivity index (χ0n) is 25.0. The Kier molecular flexibility index (Phi) is 11.8. The maximum Gasteiger partial charge on any atom is 0.343 e. The first kappa shape index (κ1) is 31.6. The molecule has 4 rings (SSSR count). The normalized spacial score (nSPS) is 11.4. The van der Waals surface area contributed by atoms with E-state index in [0.29, 0.717) is 47.3 Å². The Balaban J connectivity index is 1.25. The molecule has 0 aliphatic rings. The Bertz CT molecular complexity index is 1520. The fourth-order valence-electron chi connectivity index (χ4n) is 3.90. The number of hydrazone groups is 1. The minimum absolute atomic E-state index is 0.250. The lowest BCUT2D eigenvalue weighted by molar-refractivity contribution is -0.127. The molecule has 0 saturated carbocycles. The number of ether oxygens (including phenoxy) is 5. The first-order chi connectivity index (χ1) is 21.4. The van der Waals surface area contributed by atoms with Crippen LogP contribution in [0.4, 0.5) is 0 Å². The zero-order chi connectivity index (χ0) is 31.1. The van der Waals surface area contributed by atoms with Gasteiger partial charge in [0.2, 0.25) is 0 Å². The standard InChI is InChI=1S/C35H36N2O7/c1-4-5-21-41-29-14-12-28(13-15-29)35(39)44-32-20-11-27(22-33(32)40-3)23-36-37-34(38)25(2)43-31-18-16-30(17-19-31)42-24-26-9-7-6-8-10-26/h6-20,22-23,25H,4-5,21,24H2,1-3H3,(H,37,38). The van der Waals surface area contributed by atoms with Crippen LogP contribution >= 0.6 is 0 Å². The van der Waals surface area contributed by atoms with Gasteiger partial charge in [0, 0.05) is 0 Å². The number of esters is 1. The lowest BCUT2D eigenvalue weighted by Gasteiger charge is -2.13. The third kappa shape index (κ3) is 9.62. The van der Waals surface area contributed by atoms with Crippen LogP contribution in [0.25, 0.3) is 0 Å². The van der Waals surface area contributed by atoms with E-state index >= 15 is 0 Å². The van der Waals surface area contributed by atoms with E-state index in [1.807, 2.05) is 30.3 Å². The van der Waals surface area contributed by atoms with Crippen LogP contribution in [0.15, 0.2) is 102 Å². The van der Waals surface area contributed by atoms with Crippen LogP contribution in [0.3, 0.4) is 0 Å². The van der Waals surface area contributed by atoms with Gasteiger partial charge in [-0.25, -0.2) is 10.2 Å². The van der Waals surface area contributed by atoms with Crippen LogP contribution in [0.1, 0.15) is 48.2 Å². The smallest absolute Gasteiger partial charge is 0.343 e. The van der Waals surface area contributed by atoms with Gasteiger partial charge in [-0.05, 0) is 91.2 Å². The molecule has 1 unspecified atom stereocenters. The summed E-state index contributed by atoms with van der Waals surface area (Å²) in [7, 11) is 1.47. The van der Waals surface area contributed by atoms with Gasteiger partial charge in [0.25, 0.3) is 5.91 Å². The first-order valence-electron chi connectivity index (χ1n) is 14.3. The molecular formula is C35H36N2O7. The van der Waals surface area contributed by atoms with E-state index < -0.39 is 18.0 Å². The predicted molar refractivity (Wildman–Crippen MR) is 168 cm³/mol. The molecule has 0 aliphatic heterocycles. The molecule has 0 spiro atoms. The van der Waals surface area contributed by atoms with E-state index in [2.05, 4.69) is 17.5 Å². The zero-order valence-corrected chi connectivity index (χ0v) is 25.0. The van der Waals surface area contributed by atoms with Gasteiger partial charge in [0.15, 0.2) is 17.6 Å².